The number of halogens is 2. The van der Waals surface area contributed by atoms with Crippen molar-refractivity contribution in [2.24, 2.45) is 0 Å². The summed E-state index contributed by atoms with van der Waals surface area (Å²) in [4.78, 5) is 24.1. The Balaban J connectivity index is 0.00000200. The molecule has 1 aromatic carbocycles. The molecule has 2 rings (SSSR count). The minimum Gasteiger partial charge on any atom is -0.299 e. The van der Waals surface area contributed by atoms with Crippen LogP contribution in [0.3, 0.4) is 0 Å². The number of nitrogens with zero attached hydrogens (tertiary/aromatic N) is 2. The molecule has 0 saturated heterocycles. The minimum absolute atomic E-state index is 0. The molecule has 20 heavy (non-hydrogen) atoms. The Bertz CT molecular complexity index is 755. The van der Waals surface area contributed by atoms with Crippen LogP contribution in [0, 0.1) is 18.8 Å². The number of rotatable bonds is 2. The molecule has 0 unspecified atom stereocenters. The van der Waals surface area contributed by atoms with Gasteiger partial charge >= 0.3 is 5.69 Å². The Kier molecular flexibility index (Phi) is 5.49. The van der Waals surface area contributed by atoms with E-state index in [-0.39, 0.29) is 31.8 Å². The maximum Gasteiger partial charge on any atom is 0.324 e. The second-order valence-corrected chi connectivity index (χ2v) is 4.41. The maximum atomic E-state index is 13.8. The van der Waals surface area contributed by atoms with Crippen molar-refractivity contribution < 1.29 is 25.5 Å². The standard InChI is InChI=1S/C13H11ClFN2O2.W/c1-3-16-8(2)6-12(18)17(13(16)19)11-5-4-9(14)7-10(11)15;/h5-7H,3H2,1-2H3;/q-1;. The van der Waals surface area contributed by atoms with E-state index in [2.05, 4.69) is 6.07 Å². The number of aromatic nitrogens is 2. The summed E-state index contributed by atoms with van der Waals surface area (Å²) in [5.74, 6) is -0.741. The average Bonchev–Trinajstić information content (AvgIpc) is 2.31. The molecule has 0 fully saturated rings. The second-order valence-electron chi connectivity index (χ2n) is 4.00. The first-order valence-corrected chi connectivity index (χ1v) is 6.04. The zero-order valence-corrected chi connectivity index (χ0v) is 14.5. The molecular weight excluding hydrogens is 454 g/mol. The normalized spacial score (nSPS) is 10.2. The summed E-state index contributed by atoms with van der Waals surface area (Å²) in [5.41, 5.74) is -0.780. The SMILES string of the molecule is CCn1c(C)cc(=O)n(-c2c[c-]c(Cl)cc2F)c1=O.[W]. The van der Waals surface area contributed by atoms with E-state index in [9.17, 15) is 14.0 Å². The second kappa shape index (κ2) is 6.51. The molecule has 1 heterocycles. The van der Waals surface area contributed by atoms with E-state index >= 15 is 0 Å². The number of hydrogen-bond donors (Lipinski definition) is 0. The smallest absolute Gasteiger partial charge is 0.299 e. The van der Waals surface area contributed by atoms with Crippen LogP contribution >= 0.6 is 11.6 Å². The number of benzene rings is 1. The van der Waals surface area contributed by atoms with Crippen LogP contribution in [-0.2, 0) is 27.6 Å². The van der Waals surface area contributed by atoms with Gasteiger partial charge in [-0.15, -0.1) is 23.7 Å². The molecule has 7 heteroatoms. The van der Waals surface area contributed by atoms with Gasteiger partial charge in [0.2, 0.25) is 5.56 Å². The summed E-state index contributed by atoms with van der Waals surface area (Å²) in [6.45, 7) is 3.82. The molecule has 0 N–H and O–H groups in total. The third-order valence-electron chi connectivity index (χ3n) is 2.80. The Morgan fingerprint density at radius 1 is 1.35 bits per heavy atom. The topological polar surface area (TPSA) is 44.0 Å². The van der Waals surface area contributed by atoms with Gasteiger partial charge in [0.15, 0.2) is 0 Å². The number of hydrogen-bond acceptors (Lipinski definition) is 2. The maximum absolute atomic E-state index is 13.8. The molecule has 2 aromatic rings. The summed E-state index contributed by atoms with van der Waals surface area (Å²) in [5, 5.41) is 0.0808. The largest absolute Gasteiger partial charge is 0.324 e. The molecule has 0 aliphatic carbocycles. The molecule has 0 amide bonds. The Morgan fingerprint density at radius 3 is 2.55 bits per heavy atom. The molecule has 0 aliphatic heterocycles. The van der Waals surface area contributed by atoms with Crippen molar-refractivity contribution in [2.45, 2.75) is 20.4 Å². The van der Waals surface area contributed by atoms with Crippen molar-refractivity contribution in [1.29, 1.82) is 0 Å². The first-order valence-electron chi connectivity index (χ1n) is 5.66. The van der Waals surface area contributed by atoms with Gasteiger partial charge in [-0.05, 0) is 19.5 Å². The van der Waals surface area contributed by atoms with Crippen molar-refractivity contribution in [3.8, 4) is 5.69 Å². The van der Waals surface area contributed by atoms with Crippen LogP contribution in [-0.4, -0.2) is 9.13 Å². The van der Waals surface area contributed by atoms with E-state index in [1.165, 1.54) is 16.7 Å². The average molecular weight is 466 g/mol. The molecule has 0 spiro atoms. The zero-order valence-electron chi connectivity index (χ0n) is 10.8. The predicted molar refractivity (Wildman–Crippen MR) is 70.5 cm³/mol. The van der Waals surface area contributed by atoms with Gasteiger partial charge in [0.1, 0.15) is 0 Å². The molecule has 0 aliphatic rings. The van der Waals surface area contributed by atoms with Gasteiger partial charge in [-0.3, -0.25) is 13.9 Å². The van der Waals surface area contributed by atoms with Crippen LogP contribution in [0.1, 0.15) is 12.6 Å². The molecule has 0 radical (unpaired) electrons. The van der Waals surface area contributed by atoms with Gasteiger partial charge in [-0.1, -0.05) is 5.02 Å². The predicted octanol–water partition coefficient (Wildman–Crippen LogP) is 1.92. The van der Waals surface area contributed by atoms with Crippen LogP contribution < -0.4 is 11.2 Å². The monoisotopic (exact) mass is 465 g/mol. The van der Waals surface area contributed by atoms with Crippen LogP contribution in [0.25, 0.3) is 5.69 Å². The number of aryl methyl sites for hydroxylation is 1. The van der Waals surface area contributed by atoms with Crippen molar-refractivity contribution >= 4 is 11.6 Å². The molecule has 0 saturated carbocycles. The fraction of sp³-hybridized carbons (Fsp3) is 0.231. The van der Waals surface area contributed by atoms with E-state index in [1.807, 2.05) is 0 Å². The van der Waals surface area contributed by atoms with Gasteiger partial charge in [0.05, 0.1) is 0 Å². The van der Waals surface area contributed by atoms with Crippen LogP contribution in [0.4, 0.5) is 4.39 Å². The Morgan fingerprint density at radius 2 is 2.00 bits per heavy atom. The first-order chi connectivity index (χ1) is 8.95. The Labute approximate surface area is 134 Å². The van der Waals surface area contributed by atoms with Gasteiger partial charge < -0.3 is 0 Å². The van der Waals surface area contributed by atoms with Crippen molar-refractivity contribution in [3.05, 3.63) is 61.6 Å². The molecule has 0 atom stereocenters. The zero-order chi connectivity index (χ0) is 14.2. The summed E-state index contributed by atoms with van der Waals surface area (Å²) >= 11 is 5.60. The van der Waals surface area contributed by atoms with Gasteiger partial charge in [-0.25, -0.2) is 9.18 Å². The van der Waals surface area contributed by atoms with Crippen LogP contribution in [0.2, 0.25) is 5.02 Å². The third kappa shape index (κ3) is 2.94. The quantitative estimate of drug-likeness (QED) is 0.637. The third-order valence-corrected chi connectivity index (χ3v) is 3.02. The van der Waals surface area contributed by atoms with E-state index < -0.39 is 17.1 Å². The van der Waals surface area contributed by atoms with E-state index in [0.29, 0.717) is 12.2 Å². The van der Waals surface area contributed by atoms with Crippen molar-refractivity contribution in [2.75, 3.05) is 0 Å². The fourth-order valence-corrected chi connectivity index (χ4v) is 2.05. The van der Waals surface area contributed by atoms with E-state index in [1.54, 1.807) is 13.8 Å². The molecule has 4 nitrogen and oxygen atoms in total. The van der Waals surface area contributed by atoms with Crippen molar-refractivity contribution in [1.82, 2.24) is 9.13 Å². The van der Waals surface area contributed by atoms with Crippen LogP contribution in [0.15, 0.2) is 27.8 Å². The summed E-state index contributed by atoms with van der Waals surface area (Å²) < 4.78 is 16.0. The van der Waals surface area contributed by atoms with E-state index in [0.717, 1.165) is 10.6 Å². The molecular formula is C13H11ClFN2O2W-. The van der Waals surface area contributed by atoms with Gasteiger partial charge in [0, 0.05) is 45.2 Å². The van der Waals surface area contributed by atoms with Gasteiger partial charge in [0.25, 0.3) is 0 Å². The summed E-state index contributed by atoms with van der Waals surface area (Å²) in [7, 11) is 0. The van der Waals surface area contributed by atoms with Crippen molar-refractivity contribution in [3.63, 3.8) is 0 Å². The molecule has 1 aromatic heterocycles. The Hall–Kier alpha value is -1.19. The molecule has 106 valence electrons. The van der Waals surface area contributed by atoms with Crippen LogP contribution in [0.5, 0.6) is 0 Å². The van der Waals surface area contributed by atoms with E-state index in [4.69, 9.17) is 11.6 Å². The summed E-state index contributed by atoms with van der Waals surface area (Å²) in [6, 6.07) is 6.06. The molecule has 0 bridgehead atoms. The fourth-order valence-electron chi connectivity index (χ4n) is 1.90. The van der Waals surface area contributed by atoms with Gasteiger partial charge in [-0.2, -0.15) is 6.07 Å². The first kappa shape index (κ1) is 16.9. The summed E-state index contributed by atoms with van der Waals surface area (Å²) in [6.07, 6.45) is 0. The minimum atomic E-state index is -0.741.